The van der Waals surface area contributed by atoms with Crippen LogP contribution in [0, 0.1) is 0 Å². The van der Waals surface area contributed by atoms with E-state index in [4.69, 9.17) is 16.6 Å². The number of carbonyl (C=O) groups is 2. The van der Waals surface area contributed by atoms with Crippen LogP contribution in [0.3, 0.4) is 0 Å². The van der Waals surface area contributed by atoms with Crippen LogP contribution in [0.5, 0.6) is 0 Å². The molecule has 1 amide bonds. The summed E-state index contributed by atoms with van der Waals surface area (Å²) in [6.07, 6.45) is 1.92. The zero-order chi connectivity index (χ0) is 25.8. The van der Waals surface area contributed by atoms with Gasteiger partial charge in [-0.1, -0.05) is 42.5 Å². The summed E-state index contributed by atoms with van der Waals surface area (Å²) in [6.45, 7) is 0.347. The van der Waals surface area contributed by atoms with Gasteiger partial charge in [0.2, 0.25) is 5.91 Å². The first-order valence-electron chi connectivity index (χ1n) is 11.8. The minimum atomic E-state index is -1.03. The maximum Gasteiger partial charge on any atom is 0.336 e. The van der Waals surface area contributed by atoms with Crippen molar-refractivity contribution in [3.63, 3.8) is 0 Å². The molecule has 1 fully saturated rings. The molecular weight excluding hydrogens is 488 g/mol. The standard InChI is InChI=1S/C28H24N4O4S/c33-24(30-18-8-2-1-3-9-18)15-17-32-26(25(31-28(32)37)21-12-6-7-16-29-21)23-14-13-22(36-23)19-10-4-5-11-20(19)27(34)35/h1-14,16,25-26H,15,17H2,(H,30,33)(H,31,37)(H,34,35)/t25-,26-/m1/s1. The molecule has 0 saturated carbocycles. The smallest absolute Gasteiger partial charge is 0.336 e. The van der Waals surface area contributed by atoms with E-state index in [0.29, 0.717) is 28.7 Å². The first-order valence-corrected chi connectivity index (χ1v) is 12.2. The fourth-order valence-corrected chi connectivity index (χ4v) is 4.80. The number of furan rings is 1. The number of para-hydroxylation sites is 1. The maximum atomic E-state index is 12.7. The van der Waals surface area contributed by atoms with Crippen LogP contribution in [-0.4, -0.2) is 38.5 Å². The van der Waals surface area contributed by atoms with Crippen LogP contribution >= 0.6 is 12.2 Å². The van der Waals surface area contributed by atoms with E-state index in [1.165, 1.54) is 0 Å². The molecule has 4 aromatic rings. The van der Waals surface area contributed by atoms with Crippen molar-refractivity contribution in [3.8, 4) is 11.3 Å². The van der Waals surface area contributed by atoms with Crippen molar-refractivity contribution in [2.75, 3.05) is 11.9 Å². The van der Waals surface area contributed by atoms with Crippen molar-refractivity contribution < 1.29 is 19.1 Å². The van der Waals surface area contributed by atoms with Crippen LogP contribution in [0.1, 0.15) is 40.3 Å². The Balaban J connectivity index is 1.43. The van der Waals surface area contributed by atoms with Gasteiger partial charge in [-0.3, -0.25) is 9.78 Å². The summed E-state index contributed by atoms with van der Waals surface area (Å²) in [7, 11) is 0. The van der Waals surface area contributed by atoms with Gasteiger partial charge in [0, 0.05) is 30.4 Å². The van der Waals surface area contributed by atoms with E-state index in [9.17, 15) is 14.7 Å². The second-order valence-electron chi connectivity index (χ2n) is 8.54. The predicted molar refractivity (Wildman–Crippen MR) is 143 cm³/mol. The molecule has 186 valence electrons. The first kappa shape index (κ1) is 24.2. The first-order chi connectivity index (χ1) is 18.0. The Morgan fingerprint density at radius 1 is 1.00 bits per heavy atom. The molecule has 3 heterocycles. The number of anilines is 1. The lowest BCUT2D eigenvalue weighted by molar-refractivity contribution is -0.116. The van der Waals surface area contributed by atoms with Crippen molar-refractivity contribution in [2.24, 2.45) is 0 Å². The molecule has 0 unspecified atom stereocenters. The summed E-state index contributed by atoms with van der Waals surface area (Å²) < 4.78 is 6.24. The molecule has 3 N–H and O–H groups in total. The number of benzene rings is 2. The van der Waals surface area contributed by atoms with Crippen molar-refractivity contribution >= 4 is 34.9 Å². The summed E-state index contributed by atoms with van der Waals surface area (Å²) >= 11 is 5.67. The van der Waals surface area contributed by atoms with Crippen molar-refractivity contribution in [2.45, 2.75) is 18.5 Å². The number of hydrogen-bond donors (Lipinski definition) is 3. The molecule has 1 aliphatic rings. The molecule has 2 atom stereocenters. The third-order valence-electron chi connectivity index (χ3n) is 6.18. The minimum Gasteiger partial charge on any atom is -0.478 e. The fraction of sp³-hybridized carbons (Fsp3) is 0.143. The molecule has 2 aromatic heterocycles. The summed E-state index contributed by atoms with van der Waals surface area (Å²) in [5.74, 6) is -0.145. The lowest BCUT2D eigenvalue weighted by Gasteiger charge is -2.25. The van der Waals surface area contributed by atoms with Gasteiger partial charge in [-0.15, -0.1) is 0 Å². The molecule has 8 nitrogen and oxygen atoms in total. The van der Waals surface area contributed by atoms with Gasteiger partial charge in [-0.2, -0.15) is 0 Å². The lowest BCUT2D eigenvalue weighted by atomic mass is 10.0. The Morgan fingerprint density at radius 3 is 2.51 bits per heavy atom. The van der Waals surface area contributed by atoms with Crippen LogP contribution in [-0.2, 0) is 4.79 Å². The van der Waals surface area contributed by atoms with Crippen LogP contribution in [0.4, 0.5) is 5.69 Å². The number of carbonyl (C=O) groups excluding carboxylic acids is 1. The van der Waals surface area contributed by atoms with Crippen molar-refractivity contribution in [1.82, 2.24) is 15.2 Å². The van der Waals surface area contributed by atoms with Gasteiger partial charge >= 0.3 is 5.97 Å². The highest BCUT2D eigenvalue weighted by atomic mass is 32.1. The third-order valence-corrected chi connectivity index (χ3v) is 6.53. The normalized spacial score (nSPS) is 16.9. The van der Waals surface area contributed by atoms with Crippen LogP contribution in [0.15, 0.2) is 95.5 Å². The van der Waals surface area contributed by atoms with Gasteiger partial charge < -0.3 is 25.1 Å². The minimum absolute atomic E-state index is 0.135. The number of aromatic carboxylic acids is 1. The monoisotopic (exact) mass is 512 g/mol. The Bertz CT molecular complexity index is 1420. The van der Waals surface area contributed by atoms with Crippen LogP contribution in [0.25, 0.3) is 11.3 Å². The van der Waals surface area contributed by atoms with Crippen molar-refractivity contribution in [1.29, 1.82) is 0 Å². The van der Waals surface area contributed by atoms with Gasteiger partial charge in [0.25, 0.3) is 0 Å². The molecule has 0 aliphatic carbocycles. The highest BCUT2D eigenvalue weighted by Gasteiger charge is 2.41. The molecule has 9 heteroatoms. The van der Waals surface area contributed by atoms with E-state index in [0.717, 1.165) is 11.4 Å². The summed E-state index contributed by atoms with van der Waals surface area (Å²) in [5.41, 5.74) is 2.14. The summed E-state index contributed by atoms with van der Waals surface area (Å²) in [4.78, 5) is 30.8. The second-order valence-corrected chi connectivity index (χ2v) is 8.92. The Hall–Kier alpha value is -4.50. The quantitative estimate of drug-likeness (QED) is 0.282. The number of carboxylic acids is 1. The highest BCUT2D eigenvalue weighted by Crippen LogP contribution is 2.40. The third kappa shape index (κ3) is 5.22. The van der Waals surface area contributed by atoms with E-state index < -0.39 is 12.0 Å². The average molecular weight is 513 g/mol. The number of nitrogens with one attached hydrogen (secondary N) is 2. The van der Waals surface area contributed by atoms with E-state index in [1.807, 2.05) is 59.5 Å². The van der Waals surface area contributed by atoms with Crippen LogP contribution < -0.4 is 10.6 Å². The number of carboxylic acid groups (broad SMARTS) is 1. The number of rotatable bonds is 8. The lowest BCUT2D eigenvalue weighted by Crippen LogP contribution is -2.32. The number of thiocarbonyl (C=S) groups is 1. The van der Waals surface area contributed by atoms with Gasteiger partial charge in [0.15, 0.2) is 5.11 Å². The van der Waals surface area contributed by atoms with Gasteiger partial charge in [0.05, 0.1) is 17.3 Å². The van der Waals surface area contributed by atoms with E-state index in [-0.39, 0.29) is 23.9 Å². The van der Waals surface area contributed by atoms with Crippen molar-refractivity contribution in [3.05, 3.63) is 108 Å². The second kappa shape index (κ2) is 10.6. The molecule has 1 aliphatic heterocycles. The number of amides is 1. The fourth-order valence-electron chi connectivity index (χ4n) is 4.46. The Labute approximate surface area is 219 Å². The van der Waals surface area contributed by atoms with E-state index >= 15 is 0 Å². The zero-order valence-corrected chi connectivity index (χ0v) is 20.5. The van der Waals surface area contributed by atoms with Gasteiger partial charge in [-0.05, 0) is 54.7 Å². The Morgan fingerprint density at radius 2 is 1.76 bits per heavy atom. The average Bonchev–Trinajstić information content (AvgIpc) is 3.53. The molecule has 5 rings (SSSR count). The topological polar surface area (TPSA) is 108 Å². The molecule has 0 spiro atoms. The molecule has 0 radical (unpaired) electrons. The van der Waals surface area contributed by atoms with E-state index in [1.54, 1.807) is 36.5 Å². The zero-order valence-electron chi connectivity index (χ0n) is 19.7. The van der Waals surface area contributed by atoms with Gasteiger partial charge in [-0.25, -0.2) is 4.79 Å². The number of hydrogen-bond acceptors (Lipinski definition) is 5. The molecule has 37 heavy (non-hydrogen) atoms. The molecular formula is C28H24N4O4S. The summed E-state index contributed by atoms with van der Waals surface area (Å²) in [5, 5.41) is 16.3. The number of aromatic nitrogens is 1. The SMILES string of the molecule is O=C(CCN1C(=S)N[C@H](c2ccccn2)[C@H]1c1ccc(-c2ccccc2C(=O)O)o1)Nc1ccccc1. The molecule has 2 aromatic carbocycles. The largest absolute Gasteiger partial charge is 0.478 e. The maximum absolute atomic E-state index is 12.7. The highest BCUT2D eigenvalue weighted by molar-refractivity contribution is 7.80. The van der Waals surface area contributed by atoms with Crippen LogP contribution in [0.2, 0.25) is 0 Å². The molecule has 0 bridgehead atoms. The predicted octanol–water partition coefficient (Wildman–Crippen LogP) is 5.04. The van der Waals surface area contributed by atoms with E-state index in [2.05, 4.69) is 15.6 Å². The van der Waals surface area contributed by atoms with Gasteiger partial charge in [0.1, 0.15) is 17.6 Å². The summed E-state index contributed by atoms with van der Waals surface area (Å²) in [6, 6.07) is 24.5. The number of pyridine rings is 1. The Kier molecular flexibility index (Phi) is 6.96. The molecule has 1 saturated heterocycles. The number of nitrogens with zero attached hydrogens (tertiary/aromatic N) is 2.